The first-order valence-electron chi connectivity index (χ1n) is 8.87. The lowest BCUT2D eigenvalue weighted by molar-refractivity contribution is 0.110. The second kappa shape index (κ2) is 7.93. The Balaban J connectivity index is 1.49. The summed E-state index contributed by atoms with van der Waals surface area (Å²) < 4.78 is 20.0. The fourth-order valence-electron chi connectivity index (χ4n) is 2.93. The van der Waals surface area contributed by atoms with Gasteiger partial charge in [0.1, 0.15) is 11.6 Å². The van der Waals surface area contributed by atoms with Crippen molar-refractivity contribution in [1.82, 2.24) is 14.8 Å². The maximum atomic E-state index is 13.1. The Bertz CT molecular complexity index is 1220. The Kier molecular flexibility index (Phi) is 5.03. The molecule has 2 heterocycles. The molecule has 144 valence electrons. The maximum absolute atomic E-state index is 13.1. The summed E-state index contributed by atoms with van der Waals surface area (Å²) in [5.74, 6) is 1.00. The molecule has 0 aliphatic rings. The number of hydrogen-bond acceptors (Lipinski definition) is 4. The molecule has 0 aliphatic heterocycles. The SMILES string of the molecule is O=Cc1ccc(-c2ccc(C=CCn3c(-c4ccc(F)cc4)n[nH]c3=O)cc2)o1. The molecule has 0 unspecified atom stereocenters. The average Bonchev–Trinajstić information content (AvgIpc) is 3.37. The number of rotatable bonds is 6. The molecule has 4 rings (SSSR count). The Morgan fingerprint density at radius 2 is 1.72 bits per heavy atom. The molecule has 2 aromatic heterocycles. The average molecular weight is 389 g/mol. The molecule has 0 aliphatic carbocycles. The topological polar surface area (TPSA) is 80.9 Å². The smallest absolute Gasteiger partial charge is 0.343 e. The van der Waals surface area contributed by atoms with Crippen molar-refractivity contribution in [1.29, 1.82) is 0 Å². The van der Waals surface area contributed by atoms with Gasteiger partial charge in [0.05, 0.1) is 0 Å². The minimum Gasteiger partial charge on any atom is -0.453 e. The normalized spacial score (nSPS) is 11.2. The van der Waals surface area contributed by atoms with Gasteiger partial charge in [0.25, 0.3) is 0 Å². The van der Waals surface area contributed by atoms with Gasteiger partial charge < -0.3 is 4.42 Å². The highest BCUT2D eigenvalue weighted by atomic mass is 19.1. The van der Waals surface area contributed by atoms with E-state index in [1.54, 1.807) is 24.3 Å². The van der Waals surface area contributed by atoms with Crippen molar-refractivity contribution in [2.75, 3.05) is 0 Å². The fourth-order valence-corrected chi connectivity index (χ4v) is 2.93. The number of aldehydes is 1. The summed E-state index contributed by atoms with van der Waals surface area (Å²) in [6, 6.07) is 16.8. The van der Waals surface area contributed by atoms with Gasteiger partial charge in [-0.25, -0.2) is 14.3 Å². The second-order valence-corrected chi connectivity index (χ2v) is 6.31. The number of carbonyl (C=O) groups excluding carboxylic acids is 1. The summed E-state index contributed by atoms with van der Waals surface area (Å²) in [7, 11) is 0. The molecule has 2 aromatic carbocycles. The predicted molar refractivity (Wildman–Crippen MR) is 107 cm³/mol. The van der Waals surface area contributed by atoms with Gasteiger partial charge in [0.2, 0.25) is 0 Å². The van der Waals surface area contributed by atoms with Crippen LogP contribution in [0.2, 0.25) is 0 Å². The molecule has 0 radical (unpaired) electrons. The molecule has 0 saturated heterocycles. The monoisotopic (exact) mass is 389 g/mol. The van der Waals surface area contributed by atoms with Crippen LogP contribution in [0, 0.1) is 5.82 Å². The fraction of sp³-hybridized carbons (Fsp3) is 0.0455. The number of carbonyl (C=O) groups is 1. The quantitative estimate of drug-likeness (QED) is 0.502. The summed E-state index contributed by atoms with van der Waals surface area (Å²) in [5, 5.41) is 6.46. The number of halogens is 1. The third-order valence-electron chi connectivity index (χ3n) is 4.40. The van der Waals surface area contributed by atoms with E-state index in [4.69, 9.17) is 4.42 Å². The van der Waals surface area contributed by atoms with Crippen molar-refractivity contribution in [2.45, 2.75) is 6.54 Å². The van der Waals surface area contributed by atoms with Crippen LogP contribution in [0.1, 0.15) is 16.1 Å². The van der Waals surface area contributed by atoms with Crippen LogP contribution in [-0.4, -0.2) is 21.1 Å². The first-order chi connectivity index (χ1) is 14.1. The third-order valence-corrected chi connectivity index (χ3v) is 4.40. The van der Waals surface area contributed by atoms with Gasteiger partial charge in [-0.3, -0.25) is 9.36 Å². The van der Waals surface area contributed by atoms with Crippen LogP contribution in [0.5, 0.6) is 0 Å². The first-order valence-corrected chi connectivity index (χ1v) is 8.87. The highest BCUT2D eigenvalue weighted by Crippen LogP contribution is 2.22. The number of benzene rings is 2. The summed E-state index contributed by atoms with van der Waals surface area (Å²) in [5.41, 5.74) is 2.11. The van der Waals surface area contributed by atoms with E-state index in [1.165, 1.54) is 16.7 Å². The van der Waals surface area contributed by atoms with E-state index in [1.807, 2.05) is 36.4 Å². The van der Waals surface area contributed by atoms with Crippen molar-refractivity contribution in [2.24, 2.45) is 0 Å². The number of allylic oxidation sites excluding steroid dienone is 1. The summed E-state index contributed by atoms with van der Waals surface area (Å²) in [6.45, 7) is 0.310. The molecule has 0 fully saturated rings. The van der Waals surface area contributed by atoms with Crippen LogP contribution in [0.25, 0.3) is 28.8 Å². The molecule has 4 aromatic rings. The largest absolute Gasteiger partial charge is 0.453 e. The number of aromatic amines is 1. The zero-order chi connectivity index (χ0) is 20.2. The third kappa shape index (κ3) is 3.98. The first kappa shape index (κ1) is 18.4. The number of nitrogens with zero attached hydrogens (tertiary/aromatic N) is 2. The van der Waals surface area contributed by atoms with Gasteiger partial charge >= 0.3 is 5.69 Å². The van der Waals surface area contributed by atoms with Gasteiger partial charge in [-0.1, -0.05) is 36.4 Å². The van der Waals surface area contributed by atoms with Crippen LogP contribution >= 0.6 is 0 Å². The van der Waals surface area contributed by atoms with Crippen molar-refractivity contribution >= 4 is 12.4 Å². The minimum absolute atomic E-state index is 0.284. The maximum Gasteiger partial charge on any atom is 0.343 e. The van der Waals surface area contributed by atoms with Crippen molar-refractivity contribution < 1.29 is 13.6 Å². The lowest BCUT2D eigenvalue weighted by atomic mass is 10.1. The van der Waals surface area contributed by atoms with E-state index in [-0.39, 0.29) is 17.3 Å². The Morgan fingerprint density at radius 1 is 1.00 bits per heavy atom. The Morgan fingerprint density at radius 3 is 2.41 bits per heavy atom. The van der Waals surface area contributed by atoms with E-state index in [9.17, 15) is 14.0 Å². The van der Waals surface area contributed by atoms with Gasteiger partial charge in [0, 0.05) is 17.7 Å². The second-order valence-electron chi connectivity index (χ2n) is 6.31. The number of nitrogens with one attached hydrogen (secondary N) is 1. The standard InChI is InChI=1S/C22H16FN3O3/c23-18-9-7-17(8-10-18)21-24-25-22(28)26(21)13-1-2-15-3-5-16(6-4-15)20-12-11-19(14-27)29-20/h1-12,14H,13H2,(H,25,28). The van der Waals surface area contributed by atoms with E-state index in [0.29, 0.717) is 30.0 Å². The molecule has 0 bridgehead atoms. The highest BCUT2D eigenvalue weighted by Gasteiger charge is 2.09. The summed E-state index contributed by atoms with van der Waals surface area (Å²) >= 11 is 0. The summed E-state index contributed by atoms with van der Waals surface area (Å²) in [6.07, 6.45) is 4.39. The van der Waals surface area contributed by atoms with Gasteiger partial charge in [-0.15, -0.1) is 0 Å². The van der Waals surface area contributed by atoms with Gasteiger partial charge in [-0.05, 0) is 42.0 Å². The molecular weight excluding hydrogens is 373 g/mol. The number of H-pyrrole nitrogens is 1. The van der Waals surface area contributed by atoms with E-state index < -0.39 is 0 Å². The summed E-state index contributed by atoms with van der Waals surface area (Å²) in [4.78, 5) is 22.8. The number of aromatic nitrogens is 3. The van der Waals surface area contributed by atoms with Crippen LogP contribution in [0.15, 0.2) is 76.0 Å². The highest BCUT2D eigenvalue weighted by molar-refractivity contribution is 5.73. The minimum atomic E-state index is -0.349. The molecule has 0 amide bonds. The number of hydrogen-bond donors (Lipinski definition) is 1. The molecule has 29 heavy (non-hydrogen) atoms. The molecular formula is C22H16FN3O3. The van der Waals surface area contributed by atoms with Crippen molar-refractivity contribution in [3.05, 3.63) is 94.4 Å². The van der Waals surface area contributed by atoms with Crippen LogP contribution in [-0.2, 0) is 6.54 Å². The van der Waals surface area contributed by atoms with E-state index in [0.717, 1.165) is 11.1 Å². The molecule has 6 nitrogen and oxygen atoms in total. The molecule has 1 N–H and O–H groups in total. The zero-order valence-electron chi connectivity index (χ0n) is 15.2. The van der Waals surface area contributed by atoms with E-state index >= 15 is 0 Å². The Labute approximate surface area is 164 Å². The van der Waals surface area contributed by atoms with Crippen LogP contribution in [0.3, 0.4) is 0 Å². The predicted octanol–water partition coefficient (Wildman–Crippen LogP) is 4.16. The number of furan rings is 1. The zero-order valence-corrected chi connectivity index (χ0v) is 15.2. The molecule has 7 heteroatoms. The molecule has 0 saturated carbocycles. The lowest BCUT2D eigenvalue weighted by Gasteiger charge is -2.03. The van der Waals surface area contributed by atoms with Crippen molar-refractivity contribution in [3.8, 4) is 22.7 Å². The van der Waals surface area contributed by atoms with Gasteiger partial charge in [-0.2, -0.15) is 5.10 Å². The van der Waals surface area contributed by atoms with Crippen LogP contribution < -0.4 is 5.69 Å². The van der Waals surface area contributed by atoms with Crippen LogP contribution in [0.4, 0.5) is 4.39 Å². The molecule has 0 atom stereocenters. The lowest BCUT2D eigenvalue weighted by Crippen LogP contribution is -2.16. The van der Waals surface area contributed by atoms with E-state index in [2.05, 4.69) is 10.2 Å². The van der Waals surface area contributed by atoms with Gasteiger partial charge in [0.15, 0.2) is 17.9 Å². The Hall–Kier alpha value is -4.00. The molecule has 0 spiro atoms. The van der Waals surface area contributed by atoms with Crippen molar-refractivity contribution in [3.63, 3.8) is 0 Å².